The Hall–Kier alpha value is -1.61. The van der Waals surface area contributed by atoms with E-state index >= 15 is 0 Å². The predicted molar refractivity (Wildman–Crippen MR) is 66.9 cm³/mol. The average Bonchev–Trinajstić information content (AvgIpc) is 2.45. The van der Waals surface area contributed by atoms with Crippen LogP contribution in [-0.2, 0) is 19.1 Å². The zero-order chi connectivity index (χ0) is 14.5. The summed E-state index contributed by atoms with van der Waals surface area (Å²) in [5.41, 5.74) is -1.01. The number of hydrogen-bond donors (Lipinski definition) is 0. The Bertz CT molecular complexity index is 383. The lowest BCUT2D eigenvalue weighted by atomic mass is 9.80. The van der Waals surface area contributed by atoms with Crippen molar-refractivity contribution in [2.75, 3.05) is 33.9 Å². The van der Waals surface area contributed by atoms with E-state index < -0.39 is 11.3 Å². The molecule has 0 bridgehead atoms. The molecule has 1 unspecified atom stereocenters. The van der Waals surface area contributed by atoms with Gasteiger partial charge in [-0.2, -0.15) is 5.26 Å². The van der Waals surface area contributed by atoms with Crippen molar-refractivity contribution in [2.45, 2.75) is 19.8 Å². The first-order valence-electron chi connectivity index (χ1n) is 6.29. The summed E-state index contributed by atoms with van der Waals surface area (Å²) < 4.78 is 9.82. The summed E-state index contributed by atoms with van der Waals surface area (Å²) in [6.07, 6.45) is 0.804. The van der Waals surface area contributed by atoms with E-state index in [1.165, 1.54) is 12.0 Å². The number of nitrogens with zero attached hydrogens (tertiary/aromatic N) is 2. The van der Waals surface area contributed by atoms with Gasteiger partial charge in [-0.1, -0.05) is 6.92 Å². The number of esters is 1. The second-order valence-electron chi connectivity index (χ2n) is 4.92. The quantitative estimate of drug-likeness (QED) is 0.697. The highest BCUT2D eigenvalue weighted by molar-refractivity contribution is 5.86. The van der Waals surface area contributed by atoms with Crippen molar-refractivity contribution < 1.29 is 19.1 Å². The number of nitriles is 1. The van der Waals surface area contributed by atoms with Crippen LogP contribution in [0.25, 0.3) is 0 Å². The Morgan fingerprint density at radius 1 is 1.47 bits per heavy atom. The van der Waals surface area contributed by atoms with Gasteiger partial charge in [0.15, 0.2) is 0 Å². The summed E-state index contributed by atoms with van der Waals surface area (Å²) in [5, 5.41) is 9.31. The van der Waals surface area contributed by atoms with Gasteiger partial charge in [-0.15, -0.1) is 0 Å². The smallest absolute Gasteiger partial charge is 0.310 e. The molecule has 1 saturated heterocycles. The second-order valence-corrected chi connectivity index (χ2v) is 4.92. The van der Waals surface area contributed by atoms with Crippen LogP contribution in [0.1, 0.15) is 19.8 Å². The van der Waals surface area contributed by atoms with Crippen LogP contribution in [0.3, 0.4) is 0 Å². The summed E-state index contributed by atoms with van der Waals surface area (Å²) in [6.45, 7) is 2.77. The molecule has 0 aromatic carbocycles. The SMILES string of the molecule is COC(=O)C(C)CN(C)C(=O)C1(C#N)CCOCC1. The maximum absolute atomic E-state index is 12.4. The minimum absolute atomic E-state index is 0.242. The van der Waals surface area contributed by atoms with Gasteiger partial charge in [0, 0.05) is 26.8 Å². The van der Waals surface area contributed by atoms with Crippen LogP contribution in [-0.4, -0.2) is 50.7 Å². The molecule has 6 nitrogen and oxygen atoms in total. The molecule has 0 aliphatic carbocycles. The van der Waals surface area contributed by atoms with Gasteiger partial charge < -0.3 is 14.4 Å². The summed E-state index contributed by atoms with van der Waals surface area (Å²) >= 11 is 0. The molecule has 0 aromatic rings. The number of methoxy groups -OCH3 is 1. The van der Waals surface area contributed by atoms with Crippen molar-refractivity contribution >= 4 is 11.9 Å². The summed E-state index contributed by atoms with van der Waals surface area (Å²) in [5.74, 6) is -1.01. The molecule has 0 radical (unpaired) electrons. The lowest BCUT2D eigenvalue weighted by Crippen LogP contribution is -2.46. The summed E-state index contributed by atoms with van der Waals surface area (Å²) in [4.78, 5) is 25.2. The van der Waals surface area contributed by atoms with Gasteiger partial charge in [0.1, 0.15) is 5.41 Å². The highest BCUT2D eigenvalue weighted by atomic mass is 16.5. The Morgan fingerprint density at radius 2 is 2.05 bits per heavy atom. The van der Waals surface area contributed by atoms with Gasteiger partial charge >= 0.3 is 5.97 Å². The summed E-state index contributed by atoms with van der Waals surface area (Å²) in [6, 6.07) is 2.13. The average molecular weight is 268 g/mol. The fourth-order valence-corrected chi connectivity index (χ4v) is 2.23. The Kier molecular flexibility index (Phi) is 5.31. The topological polar surface area (TPSA) is 79.6 Å². The van der Waals surface area contributed by atoms with Crippen LogP contribution in [0.5, 0.6) is 0 Å². The lowest BCUT2D eigenvalue weighted by Gasteiger charge is -2.33. The molecule has 1 heterocycles. The van der Waals surface area contributed by atoms with E-state index in [-0.39, 0.29) is 18.4 Å². The van der Waals surface area contributed by atoms with Crippen LogP contribution < -0.4 is 0 Å². The Labute approximate surface area is 113 Å². The molecule has 1 amide bonds. The first-order valence-corrected chi connectivity index (χ1v) is 6.29. The fourth-order valence-electron chi connectivity index (χ4n) is 2.23. The first kappa shape index (κ1) is 15.4. The first-order chi connectivity index (χ1) is 8.96. The molecule has 0 spiro atoms. The molecule has 0 saturated carbocycles. The van der Waals surface area contributed by atoms with Gasteiger partial charge in [0.05, 0.1) is 19.1 Å². The van der Waals surface area contributed by atoms with E-state index in [0.717, 1.165) is 0 Å². The van der Waals surface area contributed by atoms with Gasteiger partial charge in [0.2, 0.25) is 5.91 Å². The molecule has 106 valence electrons. The van der Waals surface area contributed by atoms with Gasteiger partial charge in [-0.25, -0.2) is 0 Å². The standard InChI is InChI=1S/C13H20N2O4/c1-10(11(16)18-3)8-15(2)12(17)13(9-14)4-6-19-7-5-13/h10H,4-8H2,1-3H3. The second kappa shape index (κ2) is 6.53. The van der Waals surface area contributed by atoms with Gasteiger partial charge in [0.25, 0.3) is 0 Å². The number of hydrogen-bond acceptors (Lipinski definition) is 5. The molecule has 1 rings (SSSR count). The van der Waals surface area contributed by atoms with Crippen molar-refractivity contribution in [1.29, 1.82) is 5.26 Å². The van der Waals surface area contributed by atoms with Crippen molar-refractivity contribution in [3.8, 4) is 6.07 Å². The highest BCUT2D eigenvalue weighted by Gasteiger charge is 2.42. The normalized spacial score (nSPS) is 19.1. The lowest BCUT2D eigenvalue weighted by molar-refractivity contribution is -0.148. The van der Waals surface area contributed by atoms with E-state index in [9.17, 15) is 14.9 Å². The van der Waals surface area contributed by atoms with E-state index in [1.807, 2.05) is 0 Å². The largest absolute Gasteiger partial charge is 0.469 e. The zero-order valence-corrected chi connectivity index (χ0v) is 11.6. The number of amides is 1. The van der Waals surface area contributed by atoms with Crippen LogP contribution >= 0.6 is 0 Å². The third-order valence-corrected chi connectivity index (χ3v) is 3.47. The van der Waals surface area contributed by atoms with Crippen molar-refractivity contribution in [3.63, 3.8) is 0 Å². The molecule has 1 aliphatic heterocycles. The number of ether oxygens (including phenoxy) is 2. The molecule has 0 aromatic heterocycles. The Morgan fingerprint density at radius 3 is 2.53 bits per heavy atom. The van der Waals surface area contributed by atoms with E-state index in [4.69, 9.17) is 4.74 Å². The van der Waals surface area contributed by atoms with Crippen LogP contribution in [0, 0.1) is 22.7 Å². The fraction of sp³-hybridized carbons (Fsp3) is 0.769. The molecule has 1 atom stereocenters. The number of carbonyl (C=O) groups excluding carboxylic acids is 2. The minimum atomic E-state index is -1.01. The minimum Gasteiger partial charge on any atom is -0.469 e. The predicted octanol–water partition coefficient (Wildman–Crippen LogP) is 0.574. The van der Waals surface area contributed by atoms with Gasteiger partial charge in [-0.3, -0.25) is 9.59 Å². The van der Waals surface area contributed by atoms with Crippen LogP contribution in [0.15, 0.2) is 0 Å². The van der Waals surface area contributed by atoms with Crippen LogP contribution in [0.4, 0.5) is 0 Å². The molecule has 19 heavy (non-hydrogen) atoms. The summed E-state index contributed by atoms with van der Waals surface area (Å²) in [7, 11) is 2.92. The Balaban J connectivity index is 2.70. The van der Waals surface area contributed by atoms with Crippen LogP contribution in [0.2, 0.25) is 0 Å². The van der Waals surface area contributed by atoms with Crippen molar-refractivity contribution in [1.82, 2.24) is 4.90 Å². The van der Waals surface area contributed by atoms with Crippen molar-refractivity contribution in [3.05, 3.63) is 0 Å². The third-order valence-electron chi connectivity index (χ3n) is 3.47. The zero-order valence-electron chi connectivity index (χ0n) is 11.6. The molecular formula is C13H20N2O4. The maximum Gasteiger partial charge on any atom is 0.310 e. The maximum atomic E-state index is 12.4. The van der Waals surface area contributed by atoms with E-state index in [0.29, 0.717) is 26.1 Å². The van der Waals surface area contributed by atoms with E-state index in [2.05, 4.69) is 10.8 Å². The molecule has 0 N–H and O–H groups in total. The number of carbonyl (C=O) groups is 2. The molecule has 1 aliphatic rings. The molecule has 6 heteroatoms. The monoisotopic (exact) mass is 268 g/mol. The third kappa shape index (κ3) is 3.44. The number of rotatable bonds is 4. The molecular weight excluding hydrogens is 248 g/mol. The van der Waals surface area contributed by atoms with Crippen molar-refractivity contribution in [2.24, 2.45) is 11.3 Å². The van der Waals surface area contributed by atoms with E-state index in [1.54, 1.807) is 14.0 Å². The van der Waals surface area contributed by atoms with Gasteiger partial charge in [-0.05, 0) is 12.8 Å². The molecule has 1 fully saturated rings. The highest BCUT2D eigenvalue weighted by Crippen LogP contribution is 2.31.